The maximum Gasteiger partial charge on any atom is 0.0244 e. The van der Waals surface area contributed by atoms with Crippen LogP contribution in [-0.4, -0.2) is 55.6 Å². The van der Waals surface area contributed by atoms with Gasteiger partial charge in [0.1, 0.15) is 0 Å². The molecule has 3 heteroatoms. The first kappa shape index (κ1) is 13.3. The molecule has 1 saturated heterocycles. The molecule has 1 heterocycles. The van der Waals surface area contributed by atoms with Gasteiger partial charge in [-0.3, -0.25) is 0 Å². The van der Waals surface area contributed by atoms with E-state index >= 15 is 0 Å². The average molecular weight is 239 g/mol. The zero-order valence-corrected chi connectivity index (χ0v) is 11.6. The fourth-order valence-corrected chi connectivity index (χ4v) is 3.50. The monoisotopic (exact) mass is 239 g/mol. The number of hydrogen-bond acceptors (Lipinski definition) is 3. The summed E-state index contributed by atoms with van der Waals surface area (Å²) in [7, 11) is 4.51. The number of nitrogens with two attached hydrogens (primary N) is 1. The Hall–Kier alpha value is -0.120. The molecule has 0 amide bonds. The highest BCUT2D eigenvalue weighted by Gasteiger charge is 2.26. The van der Waals surface area contributed by atoms with Crippen LogP contribution in [0, 0.1) is 5.92 Å². The SMILES string of the molecule is CN1CCC(CCN(C)C2CCCCC2N)C1. The van der Waals surface area contributed by atoms with Gasteiger partial charge in [0.15, 0.2) is 0 Å². The van der Waals surface area contributed by atoms with Gasteiger partial charge in [0.05, 0.1) is 0 Å². The van der Waals surface area contributed by atoms with Gasteiger partial charge in [-0.05, 0) is 58.8 Å². The molecule has 0 spiro atoms. The van der Waals surface area contributed by atoms with Crippen LogP contribution < -0.4 is 5.73 Å². The smallest absolute Gasteiger partial charge is 0.0244 e. The highest BCUT2D eigenvalue weighted by atomic mass is 15.2. The molecule has 2 rings (SSSR count). The molecule has 3 nitrogen and oxygen atoms in total. The number of hydrogen-bond donors (Lipinski definition) is 1. The Morgan fingerprint density at radius 3 is 2.65 bits per heavy atom. The highest BCUT2D eigenvalue weighted by molar-refractivity contribution is 4.85. The van der Waals surface area contributed by atoms with Gasteiger partial charge in [0.2, 0.25) is 0 Å². The summed E-state index contributed by atoms with van der Waals surface area (Å²) >= 11 is 0. The first-order valence-electron chi connectivity index (χ1n) is 7.31. The molecule has 3 atom stereocenters. The van der Waals surface area contributed by atoms with Crippen molar-refractivity contribution in [3.05, 3.63) is 0 Å². The van der Waals surface area contributed by atoms with Crippen LogP contribution in [0.1, 0.15) is 38.5 Å². The maximum absolute atomic E-state index is 6.24. The van der Waals surface area contributed by atoms with Crippen LogP contribution in [0.4, 0.5) is 0 Å². The summed E-state index contributed by atoms with van der Waals surface area (Å²) in [5, 5.41) is 0. The van der Waals surface area contributed by atoms with Crippen molar-refractivity contribution in [1.29, 1.82) is 0 Å². The van der Waals surface area contributed by atoms with Crippen molar-refractivity contribution in [2.75, 3.05) is 33.7 Å². The maximum atomic E-state index is 6.24. The largest absolute Gasteiger partial charge is 0.326 e. The lowest BCUT2D eigenvalue weighted by Crippen LogP contribution is -2.48. The molecule has 0 bridgehead atoms. The van der Waals surface area contributed by atoms with E-state index in [0.717, 1.165) is 5.92 Å². The molecule has 0 aromatic heterocycles. The Bertz CT molecular complexity index is 232. The number of likely N-dealkylation sites (tertiary alicyclic amines) is 1. The van der Waals surface area contributed by atoms with Gasteiger partial charge in [-0.1, -0.05) is 12.8 Å². The van der Waals surface area contributed by atoms with Gasteiger partial charge in [-0.15, -0.1) is 0 Å². The molecule has 2 fully saturated rings. The minimum Gasteiger partial charge on any atom is -0.326 e. The second-order valence-corrected chi connectivity index (χ2v) is 6.20. The molecule has 0 aromatic rings. The normalized spacial score (nSPS) is 35.6. The van der Waals surface area contributed by atoms with E-state index in [-0.39, 0.29) is 0 Å². The molecule has 2 N–H and O–H groups in total. The highest BCUT2D eigenvalue weighted by Crippen LogP contribution is 2.23. The fraction of sp³-hybridized carbons (Fsp3) is 1.00. The van der Waals surface area contributed by atoms with E-state index in [0.29, 0.717) is 12.1 Å². The second-order valence-electron chi connectivity index (χ2n) is 6.20. The van der Waals surface area contributed by atoms with Crippen LogP contribution >= 0.6 is 0 Å². The van der Waals surface area contributed by atoms with Crippen molar-refractivity contribution in [3.8, 4) is 0 Å². The summed E-state index contributed by atoms with van der Waals surface area (Å²) in [5.41, 5.74) is 6.24. The summed E-state index contributed by atoms with van der Waals surface area (Å²) < 4.78 is 0. The van der Waals surface area contributed by atoms with Crippen LogP contribution in [0.3, 0.4) is 0 Å². The topological polar surface area (TPSA) is 32.5 Å². The second kappa shape index (κ2) is 6.17. The van der Waals surface area contributed by atoms with Crippen molar-refractivity contribution in [2.45, 2.75) is 50.6 Å². The van der Waals surface area contributed by atoms with Crippen molar-refractivity contribution in [2.24, 2.45) is 11.7 Å². The summed E-state index contributed by atoms with van der Waals surface area (Å²) in [6, 6.07) is 1.06. The predicted octanol–water partition coefficient (Wildman–Crippen LogP) is 1.53. The minimum absolute atomic E-state index is 0.417. The van der Waals surface area contributed by atoms with Crippen molar-refractivity contribution >= 4 is 0 Å². The van der Waals surface area contributed by atoms with Gasteiger partial charge in [0, 0.05) is 18.6 Å². The zero-order valence-electron chi connectivity index (χ0n) is 11.6. The molecular formula is C14H29N3. The van der Waals surface area contributed by atoms with Crippen LogP contribution in [0.15, 0.2) is 0 Å². The van der Waals surface area contributed by atoms with Crippen LogP contribution in [-0.2, 0) is 0 Å². The molecule has 1 aliphatic carbocycles. The van der Waals surface area contributed by atoms with Gasteiger partial charge in [-0.2, -0.15) is 0 Å². The summed E-state index contributed by atoms with van der Waals surface area (Å²) in [4.78, 5) is 4.99. The minimum atomic E-state index is 0.417. The molecule has 1 aliphatic heterocycles. The van der Waals surface area contributed by atoms with Crippen molar-refractivity contribution < 1.29 is 0 Å². The Labute approximate surface area is 106 Å². The summed E-state index contributed by atoms with van der Waals surface area (Å²) in [5.74, 6) is 0.919. The zero-order chi connectivity index (χ0) is 12.3. The first-order chi connectivity index (χ1) is 8.16. The van der Waals surface area contributed by atoms with E-state index in [9.17, 15) is 0 Å². The van der Waals surface area contributed by atoms with Crippen LogP contribution in [0.5, 0.6) is 0 Å². The summed E-state index contributed by atoms with van der Waals surface area (Å²) in [6.45, 7) is 3.82. The number of nitrogens with zero attached hydrogens (tertiary/aromatic N) is 2. The van der Waals surface area contributed by atoms with Gasteiger partial charge in [-0.25, -0.2) is 0 Å². The van der Waals surface area contributed by atoms with E-state index in [1.165, 1.54) is 58.2 Å². The van der Waals surface area contributed by atoms with E-state index in [1.807, 2.05) is 0 Å². The standard InChI is InChI=1S/C14H29N3/c1-16-9-7-12(11-16)8-10-17(2)14-6-4-3-5-13(14)15/h12-14H,3-11,15H2,1-2H3. The van der Waals surface area contributed by atoms with Crippen LogP contribution in [0.2, 0.25) is 0 Å². The van der Waals surface area contributed by atoms with E-state index in [1.54, 1.807) is 0 Å². The van der Waals surface area contributed by atoms with Crippen molar-refractivity contribution in [3.63, 3.8) is 0 Å². The third kappa shape index (κ3) is 3.67. The van der Waals surface area contributed by atoms with Gasteiger partial charge >= 0.3 is 0 Å². The molecule has 0 aromatic carbocycles. The number of rotatable bonds is 4. The lowest BCUT2D eigenvalue weighted by molar-refractivity contribution is 0.160. The third-order valence-electron chi connectivity index (χ3n) is 4.73. The average Bonchev–Trinajstić information content (AvgIpc) is 2.73. The van der Waals surface area contributed by atoms with E-state index in [4.69, 9.17) is 5.73 Å². The molecule has 100 valence electrons. The third-order valence-corrected chi connectivity index (χ3v) is 4.73. The molecular weight excluding hydrogens is 210 g/mol. The summed E-state index contributed by atoms with van der Waals surface area (Å²) in [6.07, 6.45) is 7.97. The van der Waals surface area contributed by atoms with Gasteiger partial charge < -0.3 is 15.5 Å². The predicted molar refractivity (Wildman–Crippen MR) is 73.1 cm³/mol. The van der Waals surface area contributed by atoms with Crippen LogP contribution in [0.25, 0.3) is 0 Å². The van der Waals surface area contributed by atoms with Crippen molar-refractivity contribution in [1.82, 2.24) is 9.80 Å². The molecule has 3 unspecified atom stereocenters. The van der Waals surface area contributed by atoms with E-state index < -0.39 is 0 Å². The molecule has 0 radical (unpaired) electrons. The fourth-order valence-electron chi connectivity index (χ4n) is 3.50. The molecule has 2 aliphatic rings. The molecule has 17 heavy (non-hydrogen) atoms. The quantitative estimate of drug-likeness (QED) is 0.807. The number of likely N-dealkylation sites (N-methyl/N-ethyl adjacent to an activating group) is 1. The Morgan fingerprint density at radius 2 is 2.00 bits per heavy atom. The Balaban J connectivity index is 1.70. The lowest BCUT2D eigenvalue weighted by Gasteiger charge is -2.36. The Kier molecular flexibility index (Phi) is 4.83. The van der Waals surface area contributed by atoms with Gasteiger partial charge in [0.25, 0.3) is 0 Å². The molecule has 1 saturated carbocycles. The first-order valence-corrected chi connectivity index (χ1v) is 7.31. The Morgan fingerprint density at radius 1 is 1.24 bits per heavy atom. The van der Waals surface area contributed by atoms with E-state index in [2.05, 4.69) is 23.9 Å². The lowest BCUT2D eigenvalue weighted by atomic mass is 9.89.